The minimum Gasteiger partial charge on any atom is -0.310 e. The third kappa shape index (κ3) is 6.29. The second-order valence-electron chi connectivity index (χ2n) is 15.7. The van der Waals surface area contributed by atoms with E-state index < -0.39 is 0 Å². The van der Waals surface area contributed by atoms with E-state index in [0.29, 0.717) is 0 Å². The van der Waals surface area contributed by atoms with Crippen LogP contribution in [-0.2, 0) is 0 Å². The van der Waals surface area contributed by atoms with Crippen LogP contribution in [0, 0.1) is 0 Å². The van der Waals surface area contributed by atoms with Crippen LogP contribution in [0.1, 0.15) is 0 Å². The Hall–Kier alpha value is -7.30. The van der Waals surface area contributed by atoms with Gasteiger partial charge < -0.3 is 4.90 Å². The van der Waals surface area contributed by atoms with Crippen molar-refractivity contribution in [3.63, 3.8) is 0 Å². The molecule has 0 saturated carbocycles. The number of fused-ring (bicyclic) bond motifs is 7. The van der Waals surface area contributed by atoms with Crippen LogP contribution in [-0.4, -0.2) is 0 Å². The van der Waals surface area contributed by atoms with Gasteiger partial charge in [-0.05, 0) is 116 Å². The molecule has 0 N–H and O–H groups in total. The van der Waals surface area contributed by atoms with E-state index >= 15 is 0 Å². The summed E-state index contributed by atoms with van der Waals surface area (Å²) >= 11 is 3.75. The SMILES string of the molecule is c1cc(-c2cccc(N(c3ccc(-c4cccc5ccccc45)cc3)c3cccc(-c4ccc5c(c4)sc4ccccc45)c3)c2)cc(-c2cccc3c2sc2ccccc23)c1. The van der Waals surface area contributed by atoms with Gasteiger partial charge >= 0.3 is 0 Å². The fourth-order valence-electron chi connectivity index (χ4n) is 9.11. The topological polar surface area (TPSA) is 3.24 Å². The first-order valence-corrected chi connectivity index (χ1v) is 22.4. The molecule has 10 aromatic carbocycles. The van der Waals surface area contributed by atoms with Crippen molar-refractivity contribution < 1.29 is 0 Å². The summed E-state index contributed by atoms with van der Waals surface area (Å²) in [6.45, 7) is 0. The molecule has 0 aliphatic carbocycles. The number of hydrogen-bond donors (Lipinski definition) is 0. The van der Waals surface area contributed by atoms with Crippen LogP contribution in [0.15, 0.2) is 224 Å². The monoisotopic (exact) mass is 811 g/mol. The van der Waals surface area contributed by atoms with Crippen molar-refractivity contribution in [1.82, 2.24) is 0 Å². The minimum absolute atomic E-state index is 1.10. The zero-order valence-corrected chi connectivity index (χ0v) is 34.8. The highest BCUT2D eigenvalue weighted by atomic mass is 32.1. The minimum atomic E-state index is 1.10. The van der Waals surface area contributed by atoms with Crippen LogP contribution >= 0.6 is 22.7 Å². The van der Waals surface area contributed by atoms with Gasteiger partial charge in [0.15, 0.2) is 0 Å². The second-order valence-corrected chi connectivity index (χ2v) is 17.8. The Balaban J connectivity index is 0.968. The zero-order valence-electron chi connectivity index (χ0n) is 33.1. The lowest BCUT2D eigenvalue weighted by molar-refractivity contribution is 1.28. The van der Waals surface area contributed by atoms with Gasteiger partial charge in [-0.3, -0.25) is 0 Å². The van der Waals surface area contributed by atoms with Crippen molar-refractivity contribution in [3.8, 4) is 44.5 Å². The molecule has 0 unspecified atom stereocenters. The Morgan fingerprint density at radius 1 is 0.262 bits per heavy atom. The summed E-state index contributed by atoms with van der Waals surface area (Å²) in [4.78, 5) is 2.40. The summed E-state index contributed by atoms with van der Waals surface area (Å²) in [5, 5.41) is 7.79. The van der Waals surface area contributed by atoms with E-state index in [0.717, 1.165) is 17.1 Å². The molecule has 286 valence electrons. The van der Waals surface area contributed by atoms with Gasteiger partial charge in [0.25, 0.3) is 0 Å². The summed E-state index contributed by atoms with van der Waals surface area (Å²) in [6, 6.07) is 82.4. The number of benzene rings is 10. The van der Waals surface area contributed by atoms with E-state index in [-0.39, 0.29) is 0 Å². The van der Waals surface area contributed by atoms with Crippen molar-refractivity contribution in [1.29, 1.82) is 0 Å². The molecule has 0 bridgehead atoms. The van der Waals surface area contributed by atoms with Gasteiger partial charge in [0.1, 0.15) is 0 Å². The van der Waals surface area contributed by atoms with E-state index in [9.17, 15) is 0 Å². The summed E-state index contributed by atoms with van der Waals surface area (Å²) in [5.41, 5.74) is 13.0. The molecule has 2 aromatic heterocycles. The quantitative estimate of drug-likeness (QED) is 0.155. The first-order chi connectivity index (χ1) is 30.2. The fourth-order valence-corrected chi connectivity index (χ4v) is 11.5. The number of thiophene rings is 2. The average molecular weight is 812 g/mol. The van der Waals surface area contributed by atoms with Gasteiger partial charge in [-0.2, -0.15) is 0 Å². The molecule has 0 spiro atoms. The van der Waals surface area contributed by atoms with Crippen LogP contribution < -0.4 is 4.90 Å². The Bertz CT molecular complexity index is 3600. The molecular weight excluding hydrogens is 775 g/mol. The van der Waals surface area contributed by atoms with Gasteiger partial charge in [0.05, 0.1) is 0 Å². The van der Waals surface area contributed by atoms with E-state index in [1.807, 2.05) is 22.7 Å². The van der Waals surface area contributed by atoms with Crippen LogP contribution in [0.2, 0.25) is 0 Å². The largest absolute Gasteiger partial charge is 0.310 e. The normalized spacial score (nSPS) is 11.6. The highest BCUT2D eigenvalue weighted by molar-refractivity contribution is 7.26. The standard InChI is InChI=1S/C58H37NS2/c1-2-20-48-38(12-1)13-10-23-49(48)39-28-31-45(32-29-39)59(47-19-9-16-42(36-47)43-30-33-53-51-21-3-5-26-55(51)60-57(53)37-43)46-18-8-15-41(35-46)40-14-7-17-44(34-40)50-24-11-25-54-52-22-4-6-27-56(52)61-58(50)54/h1-37H. The molecule has 61 heavy (non-hydrogen) atoms. The van der Waals surface area contributed by atoms with Crippen LogP contribution in [0.25, 0.3) is 95.6 Å². The Morgan fingerprint density at radius 3 is 1.54 bits per heavy atom. The maximum absolute atomic E-state index is 2.40. The first kappa shape index (κ1) is 35.6. The molecule has 1 nitrogen and oxygen atoms in total. The van der Waals surface area contributed by atoms with Gasteiger partial charge in [-0.15, -0.1) is 22.7 Å². The molecule has 3 heteroatoms. The lowest BCUT2D eigenvalue weighted by atomic mass is 9.97. The Morgan fingerprint density at radius 2 is 0.770 bits per heavy atom. The smallest absolute Gasteiger partial charge is 0.0467 e. The van der Waals surface area contributed by atoms with Gasteiger partial charge in [0, 0.05) is 57.4 Å². The third-order valence-corrected chi connectivity index (χ3v) is 14.4. The van der Waals surface area contributed by atoms with Gasteiger partial charge in [0.2, 0.25) is 0 Å². The molecule has 0 radical (unpaired) electrons. The highest BCUT2D eigenvalue weighted by Crippen LogP contribution is 2.43. The van der Waals surface area contributed by atoms with Crippen molar-refractivity contribution in [2.24, 2.45) is 0 Å². The van der Waals surface area contributed by atoms with Crippen molar-refractivity contribution in [2.75, 3.05) is 4.90 Å². The molecule has 2 heterocycles. The zero-order chi connectivity index (χ0) is 40.3. The Labute approximate surface area is 362 Å². The van der Waals surface area contributed by atoms with Crippen molar-refractivity contribution >= 4 is 90.9 Å². The summed E-state index contributed by atoms with van der Waals surface area (Å²) < 4.78 is 5.29. The molecule has 0 aliphatic heterocycles. The van der Waals surface area contributed by atoms with Gasteiger partial charge in [-0.1, -0.05) is 164 Å². The summed E-state index contributed by atoms with van der Waals surface area (Å²) in [7, 11) is 0. The Kier molecular flexibility index (Phi) is 8.62. The van der Waals surface area contributed by atoms with E-state index in [1.54, 1.807) is 0 Å². The van der Waals surface area contributed by atoms with E-state index in [2.05, 4.69) is 229 Å². The number of rotatable bonds is 7. The molecule has 0 fully saturated rings. The van der Waals surface area contributed by atoms with E-state index in [1.165, 1.54) is 95.6 Å². The molecular formula is C58H37NS2. The molecule has 0 atom stereocenters. The van der Waals surface area contributed by atoms with Crippen LogP contribution in [0.5, 0.6) is 0 Å². The van der Waals surface area contributed by atoms with Gasteiger partial charge in [-0.25, -0.2) is 0 Å². The number of anilines is 3. The maximum atomic E-state index is 2.40. The maximum Gasteiger partial charge on any atom is 0.0467 e. The second kappa shape index (κ2) is 14.8. The fraction of sp³-hybridized carbons (Fsp3) is 0. The van der Waals surface area contributed by atoms with Crippen LogP contribution in [0.3, 0.4) is 0 Å². The molecule has 12 aromatic rings. The predicted octanol–water partition coefficient (Wildman–Crippen LogP) is 17.7. The summed E-state index contributed by atoms with van der Waals surface area (Å²) in [6.07, 6.45) is 0. The molecule has 0 aliphatic rings. The molecule has 0 saturated heterocycles. The van der Waals surface area contributed by atoms with Crippen molar-refractivity contribution in [2.45, 2.75) is 0 Å². The average Bonchev–Trinajstić information content (AvgIpc) is 3.90. The third-order valence-electron chi connectivity index (χ3n) is 12.1. The lowest BCUT2D eigenvalue weighted by Gasteiger charge is -2.27. The van der Waals surface area contributed by atoms with E-state index in [4.69, 9.17) is 0 Å². The predicted molar refractivity (Wildman–Crippen MR) is 266 cm³/mol. The van der Waals surface area contributed by atoms with Crippen LogP contribution in [0.4, 0.5) is 17.1 Å². The molecule has 12 rings (SSSR count). The summed E-state index contributed by atoms with van der Waals surface area (Å²) in [5.74, 6) is 0. The highest BCUT2D eigenvalue weighted by Gasteiger charge is 2.17. The van der Waals surface area contributed by atoms with Crippen molar-refractivity contribution in [3.05, 3.63) is 224 Å². The molecule has 0 amide bonds. The lowest BCUT2D eigenvalue weighted by Crippen LogP contribution is -2.10. The first-order valence-electron chi connectivity index (χ1n) is 20.7. The number of nitrogens with zero attached hydrogens (tertiary/aromatic N) is 1. The number of hydrogen-bond acceptors (Lipinski definition) is 3.